The first kappa shape index (κ1) is 12.1. The van der Waals surface area contributed by atoms with Gasteiger partial charge in [0.25, 0.3) is 0 Å². The summed E-state index contributed by atoms with van der Waals surface area (Å²) in [5.74, 6) is 0. The number of aliphatic hydroxyl groups excluding tert-OH is 1. The smallest absolute Gasteiger partial charge is 0.138 e. The topological polar surface area (TPSA) is 63.8 Å². The minimum atomic E-state index is -0.407. The molecule has 1 aromatic heterocycles. The van der Waals surface area contributed by atoms with Crippen LogP contribution in [-0.2, 0) is 0 Å². The molecule has 0 saturated heterocycles. The highest BCUT2D eigenvalue weighted by Crippen LogP contribution is 2.18. The maximum atomic E-state index is 9.62. The molecule has 5 heteroatoms. The Morgan fingerprint density at radius 2 is 2.13 bits per heavy atom. The fraction of sp³-hybridized carbons (Fsp3) is 0.900. The van der Waals surface area contributed by atoms with Crippen LogP contribution in [0.2, 0.25) is 0 Å². The number of aromatic nitrogens is 4. The normalized spacial score (nSPS) is 15.1. The average Bonchev–Trinajstić information content (AvgIpc) is 2.70. The number of aliphatic hydroxyl groups is 1. The molecular formula is C10H20N4O. The summed E-state index contributed by atoms with van der Waals surface area (Å²) in [6, 6.07) is 0.0110. The van der Waals surface area contributed by atoms with E-state index in [2.05, 4.69) is 22.4 Å². The van der Waals surface area contributed by atoms with E-state index in [0.29, 0.717) is 0 Å². The zero-order valence-electron chi connectivity index (χ0n) is 9.50. The fourth-order valence-electron chi connectivity index (χ4n) is 1.70. The van der Waals surface area contributed by atoms with Crippen LogP contribution in [0.5, 0.6) is 0 Å². The van der Waals surface area contributed by atoms with Crippen LogP contribution in [0, 0.1) is 0 Å². The lowest BCUT2D eigenvalue weighted by atomic mass is 10.0. The molecule has 0 aliphatic rings. The van der Waals surface area contributed by atoms with Gasteiger partial charge in [-0.2, -0.15) is 0 Å². The van der Waals surface area contributed by atoms with E-state index in [1.54, 1.807) is 17.9 Å². The van der Waals surface area contributed by atoms with Gasteiger partial charge in [0.05, 0.1) is 12.1 Å². The Kier molecular flexibility index (Phi) is 5.25. The Bertz CT molecular complexity index is 248. The summed E-state index contributed by atoms with van der Waals surface area (Å²) in [4.78, 5) is 0. The molecule has 15 heavy (non-hydrogen) atoms. The van der Waals surface area contributed by atoms with Crippen molar-refractivity contribution < 1.29 is 5.11 Å². The summed E-state index contributed by atoms with van der Waals surface area (Å²) >= 11 is 0. The fourth-order valence-corrected chi connectivity index (χ4v) is 1.70. The lowest BCUT2D eigenvalue weighted by molar-refractivity contribution is 0.114. The predicted molar refractivity (Wildman–Crippen MR) is 57.3 cm³/mol. The van der Waals surface area contributed by atoms with Crippen LogP contribution in [0.4, 0.5) is 0 Å². The van der Waals surface area contributed by atoms with E-state index in [9.17, 15) is 5.11 Å². The van der Waals surface area contributed by atoms with Gasteiger partial charge in [0.1, 0.15) is 6.33 Å². The van der Waals surface area contributed by atoms with Gasteiger partial charge in [0.15, 0.2) is 0 Å². The Hall–Kier alpha value is -0.970. The zero-order chi connectivity index (χ0) is 11.1. The largest absolute Gasteiger partial charge is 0.391 e. The zero-order valence-corrected chi connectivity index (χ0v) is 9.50. The van der Waals surface area contributed by atoms with Gasteiger partial charge in [0, 0.05) is 0 Å². The molecule has 5 nitrogen and oxygen atoms in total. The first-order valence-electron chi connectivity index (χ1n) is 5.66. The SMILES string of the molecule is CCCCCC[C@H]([C@H](C)O)n1cnnn1. The summed E-state index contributed by atoms with van der Waals surface area (Å²) in [5.41, 5.74) is 0. The first-order valence-corrected chi connectivity index (χ1v) is 5.66. The van der Waals surface area contributed by atoms with Crippen molar-refractivity contribution in [1.82, 2.24) is 20.2 Å². The molecule has 0 aromatic carbocycles. The number of tetrazole rings is 1. The van der Waals surface area contributed by atoms with Crippen LogP contribution in [0.1, 0.15) is 52.0 Å². The van der Waals surface area contributed by atoms with E-state index in [-0.39, 0.29) is 6.04 Å². The van der Waals surface area contributed by atoms with Crippen molar-refractivity contribution in [3.8, 4) is 0 Å². The van der Waals surface area contributed by atoms with Crippen molar-refractivity contribution in [2.75, 3.05) is 0 Å². The summed E-state index contributed by atoms with van der Waals surface area (Å²) in [7, 11) is 0. The molecule has 1 rings (SSSR count). The summed E-state index contributed by atoms with van der Waals surface area (Å²) < 4.78 is 1.65. The van der Waals surface area contributed by atoms with Gasteiger partial charge in [-0.3, -0.25) is 0 Å². The molecule has 0 saturated carbocycles. The van der Waals surface area contributed by atoms with Crippen molar-refractivity contribution in [1.29, 1.82) is 0 Å². The quantitative estimate of drug-likeness (QED) is 0.697. The molecular weight excluding hydrogens is 192 g/mol. The molecule has 1 N–H and O–H groups in total. The second-order valence-electron chi connectivity index (χ2n) is 3.95. The number of rotatable bonds is 7. The predicted octanol–water partition coefficient (Wildman–Crippen LogP) is 1.57. The van der Waals surface area contributed by atoms with Crippen molar-refractivity contribution in [2.24, 2.45) is 0 Å². The van der Waals surface area contributed by atoms with Gasteiger partial charge in [-0.05, 0) is 23.8 Å². The monoisotopic (exact) mass is 212 g/mol. The Balaban J connectivity index is 2.39. The number of hydrogen-bond acceptors (Lipinski definition) is 4. The Labute approximate surface area is 90.5 Å². The molecule has 0 aliphatic heterocycles. The molecule has 1 heterocycles. The van der Waals surface area contributed by atoms with Gasteiger partial charge in [-0.15, -0.1) is 5.10 Å². The molecule has 0 unspecified atom stereocenters. The third-order valence-electron chi connectivity index (χ3n) is 2.61. The van der Waals surface area contributed by atoms with Gasteiger partial charge >= 0.3 is 0 Å². The van der Waals surface area contributed by atoms with E-state index in [1.807, 2.05) is 0 Å². The standard InChI is InChI=1S/C10H20N4O/c1-3-4-5-6-7-10(9(2)15)14-8-11-12-13-14/h8-10,15H,3-7H2,1-2H3/t9-,10+/m0/s1. The molecule has 1 aromatic rings. The van der Waals surface area contributed by atoms with Gasteiger partial charge in [-0.1, -0.05) is 32.6 Å². The average molecular weight is 212 g/mol. The first-order chi connectivity index (χ1) is 7.25. The minimum absolute atomic E-state index is 0.0110. The third-order valence-corrected chi connectivity index (χ3v) is 2.61. The van der Waals surface area contributed by atoms with E-state index < -0.39 is 6.10 Å². The molecule has 0 fully saturated rings. The van der Waals surface area contributed by atoms with Crippen LogP contribution >= 0.6 is 0 Å². The summed E-state index contributed by atoms with van der Waals surface area (Å²) in [6.45, 7) is 3.97. The second-order valence-corrected chi connectivity index (χ2v) is 3.95. The van der Waals surface area contributed by atoms with E-state index in [4.69, 9.17) is 0 Å². The lowest BCUT2D eigenvalue weighted by Gasteiger charge is -2.18. The van der Waals surface area contributed by atoms with Gasteiger partial charge < -0.3 is 5.11 Å². The molecule has 0 spiro atoms. The maximum absolute atomic E-state index is 9.62. The van der Waals surface area contributed by atoms with Crippen molar-refractivity contribution in [3.05, 3.63) is 6.33 Å². The second kappa shape index (κ2) is 6.50. The lowest BCUT2D eigenvalue weighted by Crippen LogP contribution is -2.22. The van der Waals surface area contributed by atoms with Crippen LogP contribution < -0.4 is 0 Å². The van der Waals surface area contributed by atoms with Crippen LogP contribution in [0.3, 0.4) is 0 Å². The number of nitrogens with zero attached hydrogens (tertiary/aromatic N) is 4. The van der Waals surface area contributed by atoms with Gasteiger partial charge in [-0.25, -0.2) is 4.68 Å². The summed E-state index contributed by atoms with van der Waals surface area (Å²) in [5, 5.41) is 20.6. The highest BCUT2D eigenvalue weighted by atomic mass is 16.3. The number of unbranched alkanes of at least 4 members (excludes halogenated alkanes) is 3. The minimum Gasteiger partial charge on any atom is -0.391 e. The molecule has 0 radical (unpaired) electrons. The molecule has 2 atom stereocenters. The summed E-state index contributed by atoms with van der Waals surface area (Å²) in [6.07, 6.45) is 6.90. The van der Waals surface area contributed by atoms with Crippen LogP contribution in [-0.4, -0.2) is 31.4 Å². The van der Waals surface area contributed by atoms with E-state index in [1.165, 1.54) is 19.3 Å². The Morgan fingerprint density at radius 1 is 1.33 bits per heavy atom. The van der Waals surface area contributed by atoms with Crippen molar-refractivity contribution in [3.63, 3.8) is 0 Å². The van der Waals surface area contributed by atoms with Crippen LogP contribution in [0.15, 0.2) is 6.33 Å². The van der Waals surface area contributed by atoms with Gasteiger partial charge in [0.2, 0.25) is 0 Å². The highest BCUT2D eigenvalue weighted by molar-refractivity contribution is 4.70. The van der Waals surface area contributed by atoms with Crippen molar-refractivity contribution in [2.45, 2.75) is 58.1 Å². The third kappa shape index (κ3) is 3.95. The van der Waals surface area contributed by atoms with E-state index >= 15 is 0 Å². The van der Waals surface area contributed by atoms with Crippen LogP contribution in [0.25, 0.3) is 0 Å². The maximum Gasteiger partial charge on any atom is 0.138 e. The molecule has 0 amide bonds. The van der Waals surface area contributed by atoms with E-state index in [0.717, 1.165) is 12.8 Å². The molecule has 0 bridgehead atoms. The van der Waals surface area contributed by atoms with Crippen molar-refractivity contribution >= 4 is 0 Å². The Morgan fingerprint density at radius 3 is 2.67 bits per heavy atom. The highest BCUT2D eigenvalue weighted by Gasteiger charge is 2.17. The number of hydrogen-bond donors (Lipinski definition) is 1. The molecule has 0 aliphatic carbocycles. The molecule has 86 valence electrons.